The normalized spacial score (nSPS) is 11.6. The van der Waals surface area contributed by atoms with Crippen molar-refractivity contribution < 1.29 is 4.42 Å². The van der Waals surface area contributed by atoms with Crippen molar-refractivity contribution in [2.24, 2.45) is 0 Å². The van der Waals surface area contributed by atoms with Gasteiger partial charge in [-0.25, -0.2) is 0 Å². The quantitative estimate of drug-likeness (QED) is 0.170. The van der Waals surface area contributed by atoms with E-state index in [0.29, 0.717) is 0 Å². The van der Waals surface area contributed by atoms with Gasteiger partial charge in [0.25, 0.3) is 0 Å². The molecule has 0 radical (unpaired) electrons. The van der Waals surface area contributed by atoms with Crippen LogP contribution < -0.4 is 4.90 Å². The molecule has 9 aromatic carbocycles. The van der Waals surface area contributed by atoms with E-state index < -0.39 is 0 Å². The molecule has 0 saturated heterocycles. The summed E-state index contributed by atoms with van der Waals surface area (Å²) in [5.74, 6) is 0. The van der Waals surface area contributed by atoms with Gasteiger partial charge in [-0.05, 0) is 70.1 Å². The fourth-order valence-electron chi connectivity index (χ4n) is 8.26. The van der Waals surface area contributed by atoms with E-state index in [-0.39, 0.29) is 0 Å². The van der Waals surface area contributed by atoms with Gasteiger partial charge in [-0.15, -0.1) is 11.3 Å². The van der Waals surface area contributed by atoms with Gasteiger partial charge in [-0.3, -0.25) is 0 Å². The first-order chi connectivity index (χ1) is 27.3. The van der Waals surface area contributed by atoms with Crippen molar-refractivity contribution in [3.8, 4) is 33.4 Å². The molecule has 0 bridgehead atoms. The lowest BCUT2D eigenvalue weighted by molar-refractivity contribution is 0.674. The minimum atomic E-state index is 0.896. The van der Waals surface area contributed by atoms with E-state index in [2.05, 4.69) is 205 Å². The van der Waals surface area contributed by atoms with E-state index >= 15 is 0 Å². The Hall–Kier alpha value is -6.94. The number of para-hydroxylation sites is 2. The van der Waals surface area contributed by atoms with Crippen LogP contribution in [0.3, 0.4) is 0 Å². The number of rotatable bonds is 6. The molecular formula is C52H33NOS. The second kappa shape index (κ2) is 12.9. The van der Waals surface area contributed by atoms with Gasteiger partial charge in [0.2, 0.25) is 0 Å². The minimum absolute atomic E-state index is 0.896. The number of hydrogen-bond donors (Lipinski definition) is 0. The first-order valence-electron chi connectivity index (χ1n) is 18.7. The number of anilines is 3. The predicted molar refractivity (Wildman–Crippen MR) is 235 cm³/mol. The third-order valence-corrected chi connectivity index (χ3v) is 12.1. The van der Waals surface area contributed by atoms with Gasteiger partial charge in [0, 0.05) is 58.8 Å². The predicted octanol–water partition coefficient (Wildman–Crippen LogP) is 15.6. The van der Waals surface area contributed by atoms with Crippen molar-refractivity contribution in [2.45, 2.75) is 0 Å². The molecule has 11 aromatic rings. The SMILES string of the molecule is c1ccc(-c2ccc(N(c3ccc(-c4cccc5c4sc4ccccc45)cc3)c3ccccc3-c3cccc4c3oc3c5ccccc5ccc43)cc2)cc1. The van der Waals surface area contributed by atoms with Crippen molar-refractivity contribution in [1.82, 2.24) is 0 Å². The monoisotopic (exact) mass is 719 g/mol. The number of fused-ring (bicyclic) bond motifs is 8. The Kier molecular flexibility index (Phi) is 7.39. The lowest BCUT2D eigenvalue weighted by Gasteiger charge is -2.28. The first kappa shape index (κ1) is 31.6. The lowest BCUT2D eigenvalue weighted by Crippen LogP contribution is -2.11. The number of hydrogen-bond acceptors (Lipinski definition) is 3. The van der Waals surface area contributed by atoms with Crippen LogP contribution in [0.5, 0.6) is 0 Å². The zero-order chi connectivity index (χ0) is 36.3. The molecular weight excluding hydrogens is 687 g/mol. The summed E-state index contributed by atoms with van der Waals surface area (Å²) in [6.07, 6.45) is 0. The van der Waals surface area contributed by atoms with Crippen LogP contribution in [0.2, 0.25) is 0 Å². The Morgan fingerprint density at radius 3 is 1.75 bits per heavy atom. The molecule has 0 saturated carbocycles. The van der Waals surface area contributed by atoms with E-state index in [1.54, 1.807) is 0 Å². The standard InChI is InChI=1S/C52H33NOS/c1-2-12-34(13-3-1)35-24-29-38(30-25-35)53(39-31-26-37(27-32-39)41-18-10-21-47-43-17-7-9-23-49(43)55-52(41)47)48-22-8-6-16-42(48)44-19-11-20-45-46-33-28-36-14-4-5-15-40(36)50(46)54-51(44)45/h1-33H. The van der Waals surface area contributed by atoms with Gasteiger partial charge in [0.15, 0.2) is 0 Å². The van der Waals surface area contributed by atoms with Gasteiger partial charge in [0.05, 0.1) is 5.69 Å². The van der Waals surface area contributed by atoms with Gasteiger partial charge in [-0.1, -0.05) is 158 Å². The molecule has 3 heteroatoms. The molecule has 0 N–H and O–H groups in total. The van der Waals surface area contributed by atoms with Crippen molar-refractivity contribution in [3.63, 3.8) is 0 Å². The van der Waals surface area contributed by atoms with E-state index in [9.17, 15) is 0 Å². The molecule has 2 heterocycles. The molecule has 55 heavy (non-hydrogen) atoms. The fourth-order valence-corrected chi connectivity index (χ4v) is 9.50. The number of furan rings is 1. The summed E-state index contributed by atoms with van der Waals surface area (Å²) in [5.41, 5.74) is 12.1. The van der Waals surface area contributed by atoms with E-state index in [4.69, 9.17) is 4.42 Å². The molecule has 0 spiro atoms. The van der Waals surface area contributed by atoms with E-state index in [1.807, 2.05) is 11.3 Å². The molecule has 0 aliphatic heterocycles. The lowest BCUT2D eigenvalue weighted by atomic mass is 9.98. The van der Waals surface area contributed by atoms with Crippen molar-refractivity contribution in [1.29, 1.82) is 0 Å². The topological polar surface area (TPSA) is 16.4 Å². The Morgan fingerprint density at radius 1 is 0.345 bits per heavy atom. The molecule has 2 aromatic heterocycles. The second-order valence-corrected chi connectivity index (χ2v) is 15.1. The highest BCUT2D eigenvalue weighted by Crippen LogP contribution is 2.46. The van der Waals surface area contributed by atoms with Crippen LogP contribution in [0.1, 0.15) is 0 Å². The Balaban J connectivity index is 1.08. The van der Waals surface area contributed by atoms with Gasteiger partial charge in [0.1, 0.15) is 11.2 Å². The number of nitrogens with zero attached hydrogens (tertiary/aromatic N) is 1. The highest BCUT2D eigenvalue weighted by atomic mass is 32.1. The molecule has 0 fully saturated rings. The third kappa shape index (κ3) is 5.24. The largest absolute Gasteiger partial charge is 0.455 e. The average molecular weight is 720 g/mol. The van der Waals surface area contributed by atoms with Gasteiger partial charge >= 0.3 is 0 Å². The Bertz CT molecular complexity index is 3190. The fraction of sp³-hybridized carbons (Fsp3) is 0. The molecule has 0 atom stereocenters. The minimum Gasteiger partial charge on any atom is -0.455 e. The highest BCUT2D eigenvalue weighted by Gasteiger charge is 2.21. The van der Waals surface area contributed by atoms with Crippen LogP contribution in [-0.4, -0.2) is 0 Å². The van der Waals surface area contributed by atoms with E-state index in [1.165, 1.54) is 47.8 Å². The van der Waals surface area contributed by atoms with Crippen molar-refractivity contribution >= 4 is 81.3 Å². The summed E-state index contributed by atoms with van der Waals surface area (Å²) in [6, 6.07) is 72.0. The molecule has 258 valence electrons. The average Bonchev–Trinajstić information content (AvgIpc) is 3.84. The molecule has 0 unspecified atom stereocenters. The molecule has 0 aliphatic rings. The molecule has 11 rings (SSSR count). The zero-order valence-electron chi connectivity index (χ0n) is 29.8. The van der Waals surface area contributed by atoms with Crippen LogP contribution in [-0.2, 0) is 0 Å². The van der Waals surface area contributed by atoms with E-state index in [0.717, 1.165) is 55.5 Å². The first-order valence-corrected chi connectivity index (χ1v) is 19.5. The Labute approximate surface area is 322 Å². The van der Waals surface area contributed by atoms with Crippen LogP contribution >= 0.6 is 11.3 Å². The maximum atomic E-state index is 6.87. The van der Waals surface area contributed by atoms with Crippen molar-refractivity contribution in [2.75, 3.05) is 4.90 Å². The maximum Gasteiger partial charge on any atom is 0.143 e. The molecule has 2 nitrogen and oxygen atoms in total. The van der Waals surface area contributed by atoms with Crippen LogP contribution in [0.4, 0.5) is 17.1 Å². The van der Waals surface area contributed by atoms with Gasteiger partial charge < -0.3 is 9.32 Å². The zero-order valence-corrected chi connectivity index (χ0v) is 30.6. The summed E-state index contributed by atoms with van der Waals surface area (Å²) in [7, 11) is 0. The second-order valence-electron chi connectivity index (χ2n) is 14.0. The smallest absolute Gasteiger partial charge is 0.143 e. The third-order valence-electron chi connectivity index (χ3n) is 10.9. The summed E-state index contributed by atoms with van der Waals surface area (Å²) in [6.45, 7) is 0. The summed E-state index contributed by atoms with van der Waals surface area (Å²) in [5, 5.41) is 7.17. The Morgan fingerprint density at radius 2 is 0.927 bits per heavy atom. The number of benzene rings is 9. The summed E-state index contributed by atoms with van der Waals surface area (Å²) < 4.78 is 9.50. The summed E-state index contributed by atoms with van der Waals surface area (Å²) >= 11 is 1.87. The molecule has 0 aliphatic carbocycles. The van der Waals surface area contributed by atoms with Crippen LogP contribution in [0.25, 0.3) is 86.3 Å². The maximum absolute atomic E-state index is 6.87. The van der Waals surface area contributed by atoms with Crippen LogP contribution in [0, 0.1) is 0 Å². The van der Waals surface area contributed by atoms with Crippen molar-refractivity contribution in [3.05, 3.63) is 200 Å². The van der Waals surface area contributed by atoms with Crippen LogP contribution in [0.15, 0.2) is 205 Å². The number of thiophene rings is 1. The molecule has 0 amide bonds. The summed E-state index contributed by atoms with van der Waals surface area (Å²) in [4.78, 5) is 2.38. The highest BCUT2D eigenvalue weighted by molar-refractivity contribution is 7.26. The van der Waals surface area contributed by atoms with Gasteiger partial charge in [-0.2, -0.15) is 0 Å².